The zero-order valence-electron chi connectivity index (χ0n) is 11.8. The van der Waals surface area contributed by atoms with Gasteiger partial charge in [0.05, 0.1) is 0 Å². The molecule has 96 valence electrons. The maximum atomic E-state index is 6.29. The minimum absolute atomic E-state index is 0.0994. The average Bonchev–Trinajstić information content (AvgIpc) is 2.28. The fourth-order valence-electron chi connectivity index (χ4n) is 2.09. The number of likely N-dealkylation sites (N-methyl/N-ethyl adjacent to an activating group) is 1. The molecule has 0 aliphatic carbocycles. The number of hydrogen-bond acceptors (Lipinski definition) is 2. The predicted octanol–water partition coefficient (Wildman–Crippen LogP) is 2.97. The van der Waals surface area contributed by atoms with Crippen LogP contribution >= 0.6 is 0 Å². The van der Waals surface area contributed by atoms with Crippen molar-refractivity contribution in [2.75, 3.05) is 13.6 Å². The summed E-state index contributed by atoms with van der Waals surface area (Å²) in [7, 11) is 2.16. The second kappa shape index (κ2) is 6.18. The molecular formula is C15H26N2. The fourth-order valence-corrected chi connectivity index (χ4v) is 2.09. The largest absolute Gasteiger partial charge is 0.323 e. The monoisotopic (exact) mass is 234 g/mol. The van der Waals surface area contributed by atoms with Crippen LogP contribution in [-0.2, 0) is 0 Å². The van der Waals surface area contributed by atoms with Gasteiger partial charge in [-0.15, -0.1) is 0 Å². The Bertz CT molecular complexity index is 347. The Balaban J connectivity index is 2.67. The Kier molecular flexibility index (Phi) is 5.16. The van der Waals surface area contributed by atoms with Crippen LogP contribution in [0.4, 0.5) is 0 Å². The average molecular weight is 234 g/mol. The van der Waals surface area contributed by atoms with Gasteiger partial charge in [-0.05, 0) is 37.9 Å². The molecule has 17 heavy (non-hydrogen) atoms. The molecule has 2 heteroatoms. The van der Waals surface area contributed by atoms with Crippen molar-refractivity contribution in [1.82, 2.24) is 4.90 Å². The number of benzene rings is 1. The highest BCUT2D eigenvalue weighted by atomic mass is 15.1. The summed E-state index contributed by atoms with van der Waals surface area (Å²) < 4.78 is 0. The van der Waals surface area contributed by atoms with Crippen LogP contribution in [0.15, 0.2) is 24.3 Å². The van der Waals surface area contributed by atoms with Crippen LogP contribution in [0.2, 0.25) is 0 Å². The molecule has 0 aliphatic rings. The van der Waals surface area contributed by atoms with Gasteiger partial charge in [-0.3, -0.25) is 0 Å². The van der Waals surface area contributed by atoms with E-state index >= 15 is 0 Å². The van der Waals surface area contributed by atoms with Gasteiger partial charge in [-0.1, -0.05) is 38.1 Å². The van der Waals surface area contributed by atoms with Crippen molar-refractivity contribution in [2.45, 2.75) is 39.8 Å². The second-order valence-electron chi connectivity index (χ2n) is 5.39. The van der Waals surface area contributed by atoms with E-state index in [9.17, 15) is 0 Å². The van der Waals surface area contributed by atoms with Crippen LogP contribution in [-0.4, -0.2) is 24.5 Å². The summed E-state index contributed by atoms with van der Waals surface area (Å²) in [5.74, 6) is 0.657. The number of nitrogens with zero attached hydrogens (tertiary/aromatic N) is 1. The molecule has 0 fully saturated rings. The summed E-state index contributed by atoms with van der Waals surface area (Å²) in [4.78, 5) is 2.35. The van der Waals surface area contributed by atoms with Gasteiger partial charge in [0.1, 0.15) is 0 Å². The lowest BCUT2D eigenvalue weighted by molar-refractivity contribution is 0.197. The van der Waals surface area contributed by atoms with Crippen LogP contribution in [0.1, 0.15) is 37.9 Å². The van der Waals surface area contributed by atoms with Crippen molar-refractivity contribution in [3.05, 3.63) is 35.4 Å². The van der Waals surface area contributed by atoms with Gasteiger partial charge in [0.2, 0.25) is 0 Å². The Labute approximate surface area is 106 Å². The molecule has 0 aliphatic heterocycles. The van der Waals surface area contributed by atoms with Crippen LogP contribution in [0.5, 0.6) is 0 Å². The van der Waals surface area contributed by atoms with E-state index in [0.717, 1.165) is 6.54 Å². The summed E-state index contributed by atoms with van der Waals surface area (Å²) >= 11 is 0. The quantitative estimate of drug-likeness (QED) is 0.848. The first-order valence-corrected chi connectivity index (χ1v) is 6.44. The lowest BCUT2D eigenvalue weighted by Gasteiger charge is -2.30. The van der Waals surface area contributed by atoms with E-state index < -0.39 is 0 Å². The van der Waals surface area contributed by atoms with E-state index in [-0.39, 0.29) is 6.04 Å². The molecule has 0 amide bonds. The third-order valence-electron chi connectivity index (χ3n) is 3.73. The highest BCUT2D eigenvalue weighted by Gasteiger charge is 2.17. The molecule has 0 saturated heterocycles. The number of nitrogens with two attached hydrogens (primary N) is 1. The smallest absolute Gasteiger partial charge is 0.0426 e. The molecule has 0 spiro atoms. The summed E-state index contributed by atoms with van der Waals surface area (Å²) in [6, 6.07) is 9.04. The van der Waals surface area contributed by atoms with E-state index in [1.54, 1.807) is 0 Å². The molecule has 0 aromatic heterocycles. The van der Waals surface area contributed by atoms with Crippen LogP contribution in [0.25, 0.3) is 0 Å². The van der Waals surface area contributed by atoms with Crippen LogP contribution < -0.4 is 5.73 Å². The summed E-state index contributed by atoms with van der Waals surface area (Å²) in [6.45, 7) is 9.79. The highest BCUT2D eigenvalue weighted by molar-refractivity contribution is 5.28. The Morgan fingerprint density at radius 1 is 1.18 bits per heavy atom. The minimum Gasteiger partial charge on any atom is -0.323 e. The highest BCUT2D eigenvalue weighted by Crippen LogP contribution is 2.18. The third-order valence-corrected chi connectivity index (χ3v) is 3.73. The maximum Gasteiger partial charge on any atom is 0.0426 e. The van der Waals surface area contributed by atoms with Gasteiger partial charge in [-0.2, -0.15) is 0 Å². The van der Waals surface area contributed by atoms with Crippen molar-refractivity contribution in [3.8, 4) is 0 Å². The number of hydrogen-bond donors (Lipinski definition) is 1. The molecule has 2 unspecified atom stereocenters. The first-order chi connectivity index (χ1) is 7.93. The van der Waals surface area contributed by atoms with Gasteiger partial charge in [-0.25, -0.2) is 0 Å². The topological polar surface area (TPSA) is 29.3 Å². The van der Waals surface area contributed by atoms with Crippen molar-refractivity contribution in [1.29, 1.82) is 0 Å². The molecule has 1 aromatic rings. The third kappa shape index (κ3) is 3.83. The molecule has 2 N–H and O–H groups in total. The Morgan fingerprint density at radius 2 is 1.76 bits per heavy atom. The van der Waals surface area contributed by atoms with Crippen molar-refractivity contribution >= 4 is 0 Å². The molecule has 2 atom stereocenters. The van der Waals surface area contributed by atoms with Crippen molar-refractivity contribution < 1.29 is 0 Å². The van der Waals surface area contributed by atoms with Crippen LogP contribution in [0, 0.1) is 12.8 Å². The first-order valence-electron chi connectivity index (χ1n) is 6.44. The normalized spacial score (nSPS) is 15.3. The lowest BCUT2D eigenvalue weighted by atomic mass is 10.00. The molecule has 0 heterocycles. The first kappa shape index (κ1) is 14.2. The van der Waals surface area contributed by atoms with Crippen molar-refractivity contribution in [3.63, 3.8) is 0 Å². The molecule has 0 radical (unpaired) electrons. The molecule has 0 bridgehead atoms. The standard InChI is InChI=1S/C15H26N2/c1-11(2)13(4)17(5)10-15(16)14-9-7-6-8-12(14)3/h6-9,11,13,15H,10,16H2,1-5H3. The molecule has 0 saturated carbocycles. The van der Waals surface area contributed by atoms with E-state index in [2.05, 4.69) is 63.9 Å². The van der Waals surface area contributed by atoms with E-state index in [1.807, 2.05) is 0 Å². The minimum atomic E-state index is 0.0994. The van der Waals surface area contributed by atoms with Crippen LogP contribution in [0.3, 0.4) is 0 Å². The Morgan fingerprint density at radius 3 is 2.29 bits per heavy atom. The summed E-state index contributed by atoms with van der Waals surface area (Å²) in [5, 5.41) is 0. The zero-order valence-corrected chi connectivity index (χ0v) is 11.8. The molecule has 1 rings (SSSR count). The molecular weight excluding hydrogens is 208 g/mol. The van der Waals surface area contributed by atoms with E-state index in [1.165, 1.54) is 11.1 Å². The predicted molar refractivity (Wildman–Crippen MR) is 75.0 cm³/mol. The Hall–Kier alpha value is -0.860. The number of aryl methyl sites for hydroxylation is 1. The van der Waals surface area contributed by atoms with Gasteiger partial charge in [0, 0.05) is 18.6 Å². The second-order valence-corrected chi connectivity index (χ2v) is 5.39. The van der Waals surface area contributed by atoms with Gasteiger partial charge in [0.25, 0.3) is 0 Å². The molecule has 2 nitrogen and oxygen atoms in total. The lowest BCUT2D eigenvalue weighted by Crippen LogP contribution is -2.38. The maximum absolute atomic E-state index is 6.29. The number of rotatable bonds is 5. The molecule has 1 aromatic carbocycles. The van der Waals surface area contributed by atoms with Gasteiger partial charge in [0.15, 0.2) is 0 Å². The van der Waals surface area contributed by atoms with Crippen molar-refractivity contribution in [2.24, 2.45) is 11.7 Å². The van der Waals surface area contributed by atoms with E-state index in [0.29, 0.717) is 12.0 Å². The SMILES string of the molecule is Cc1ccccc1C(N)CN(C)C(C)C(C)C. The summed E-state index contributed by atoms with van der Waals surface area (Å²) in [5.41, 5.74) is 8.84. The fraction of sp³-hybridized carbons (Fsp3) is 0.600. The summed E-state index contributed by atoms with van der Waals surface area (Å²) in [6.07, 6.45) is 0. The zero-order chi connectivity index (χ0) is 13.0. The van der Waals surface area contributed by atoms with Gasteiger partial charge >= 0.3 is 0 Å². The van der Waals surface area contributed by atoms with E-state index in [4.69, 9.17) is 5.73 Å². The van der Waals surface area contributed by atoms with Gasteiger partial charge < -0.3 is 10.6 Å².